The summed E-state index contributed by atoms with van der Waals surface area (Å²) >= 11 is 9.55. The molecule has 0 radical (unpaired) electrons. The van der Waals surface area contributed by atoms with Crippen LogP contribution in [0.4, 0.5) is 0 Å². The highest BCUT2D eigenvalue weighted by Gasteiger charge is 1.97. The molecule has 0 saturated carbocycles. The third-order valence-electron chi connectivity index (χ3n) is 2.19. The zero-order chi connectivity index (χ0) is 11.8. The van der Waals surface area contributed by atoms with Gasteiger partial charge in [-0.25, -0.2) is 0 Å². The zero-order valence-electron chi connectivity index (χ0n) is 9.96. The molecule has 0 aliphatic carbocycles. The lowest BCUT2D eigenvalue weighted by Crippen LogP contribution is -2.16. The van der Waals surface area contributed by atoms with Gasteiger partial charge in [-0.2, -0.15) is 11.8 Å². The fourth-order valence-electron chi connectivity index (χ4n) is 1.22. The van der Waals surface area contributed by atoms with Crippen molar-refractivity contribution in [1.29, 1.82) is 0 Å². The van der Waals surface area contributed by atoms with E-state index >= 15 is 0 Å². The van der Waals surface area contributed by atoms with Crippen molar-refractivity contribution < 1.29 is 0 Å². The third kappa shape index (κ3) is 6.79. The Kier molecular flexibility index (Phi) is 7.54. The van der Waals surface area contributed by atoms with Gasteiger partial charge in [0.2, 0.25) is 0 Å². The van der Waals surface area contributed by atoms with E-state index in [1.165, 1.54) is 22.8 Å². The lowest BCUT2D eigenvalue weighted by Gasteiger charge is -2.05. The van der Waals surface area contributed by atoms with E-state index in [1.807, 2.05) is 17.8 Å². The van der Waals surface area contributed by atoms with E-state index in [2.05, 4.69) is 25.2 Å². The Balaban J connectivity index is 1.92. The molecular formula is C12H20ClNS2. The van der Waals surface area contributed by atoms with Crippen LogP contribution in [0.25, 0.3) is 0 Å². The summed E-state index contributed by atoms with van der Waals surface area (Å²) in [6.07, 6.45) is 1.32. The van der Waals surface area contributed by atoms with Crippen LogP contribution < -0.4 is 5.32 Å². The minimum absolute atomic E-state index is 0.828. The molecule has 0 amide bonds. The quantitative estimate of drug-likeness (QED) is 0.712. The van der Waals surface area contributed by atoms with E-state index in [1.54, 1.807) is 11.3 Å². The Morgan fingerprint density at radius 2 is 2.19 bits per heavy atom. The molecule has 0 unspecified atom stereocenters. The standard InChI is InChI=1S/C12H20ClNS2/c1-10(2)5-7-15-8-6-14-9-11-3-4-12(13)16-11/h3-4,10,14H,5-9H2,1-2H3. The van der Waals surface area contributed by atoms with Crippen LogP contribution in [0.1, 0.15) is 25.1 Å². The summed E-state index contributed by atoms with van der Waals surface area (Å²) in [5, 5.41) is 3.43. The van der Waals surface area contributed by atoms with Crippen LogP contribution in [-0.2, 0) is 6.54 Å². The largest absolute Gasteiger partial charge is 0.311 e. The molecular weight excluding hydrogens is 258 g/mol. The van der Waals surface area contributed by atoms with E-state index < -0.39 is 0 Å². The fourth-order valence-corrected chi connectivity index (χ4v) is 3.41. The fraction of sp³-hybridized carbons (Fsp3) is 0.667. The SMILES string of the molecule is CC(C)CCSCCNCc1ccc(Cl)s1. The van der Waals surface area contributed by atoms with Gasteiger partial charge in [-0.3, -0.25) is 0 Å². The predicted octanol–water partition coefficient (Wildman–Crippen LogP) is 4.27. The van der Waals surface area contributed by atoms with Crippen molar-refractivity contribution in [3.05, 3.63) is 21.3 Å². The monoisotopic (exact) mass is 277 g/mol. The van der Waals surface area contributed by atoms with Gasteiger partial charge in [0.05, 0.1) is 4.34 Å². The van der Waals surface area contributed by atoms with E-state index in [0.29, 0.717) is 0 Å². The molecule has 4 heteroatoms. The van der Waals surface area contributed by atoms with Crippen LogP contribution in [0.15, 0.2) is 12.1 Å². The van der Waals surface area contributed by atoms with Crippen molar-refractivity contribution in [3.63, 3.8) is 0 Å². The van der Waals surface area contributed by atoms with Gasteiger partial charge >= 0.3 is 0 Å². The normalized spacial score (nSPS) is 11.2. The maximum atomic E-state index is 5.86. The molecule has 0 aliphatic rings. The van der Waals surface area contributed by atoms with E-state index in [9.17, 15) is 0 Å². The number of thiophene rings is 1. The molecule has 1 rings (SSSR count). The third-order valence-corrected chi connectivity index (χ3v) is 4.44. The van der Waals surface area contributed by atoms with Gasteiger partial charge in [0.25, 0.3) is 0 Å². The zero-order valence-corrected chi connectivity index (χ0v) is 12.4. The first kappa shape index (κ1) is 14.4. The molecule has 16 heavy (non-hydrogen) atoms. The molecule has 0 bridgehead atoms. The second-order valence-electron chi connectivity index (χ2n) is 4.18. The van der Waals surface area contributed by atoms with Crippen molar-refractivity contribution in [2.45, 2.75) is 26.8 Å². The van der Waals surface area contributed by atoms with Crippen LogP contribution in [0.5, 0.6) is 0 Å². The number of nitrogens with one attached hydrogen (secondary N) is 1. The van der Waals surface area contributed by atoms with Crippen molar-refractivity contribution in [3.8, 4) is 0 Å². The summed E-state index contributed by atoms with van der Waals surface area (Å²) in [6, 6.07) is 4.05. The number of rotatable bonds is 8. The number of thioether (sulfide) groups is 1. The number of halogens is 1. The second kappa shape index (κ2) is 8.40. The molecule has 1 N–H and O–H groups in total. The van der Waals surface area contributed by atoms with Gasteiger partial charge in [0, 0.05) is 23.7 Å². The summed E-state index contributed by atoms with van der Waals surface area (Å²) in [4.78, 5) is 1.32. The van der Waals surface area contributed by atoms with Gasteiger partial charge in [0.15, 0.2) is 0 Å². The Morgan fingerprint density at radius 3 is 2.81 bits per heavy atom. The average molecular weight is 278 g/mol. The molecule has 1 aromatic heterocycles. The van der Waals surface area contributed by atoms with E-state index in [0.717, 1.165) is 23.3 Å². The first-order chi connectivity index (χ1) is 7.68. The van der Waals surface area contributed by atoms with Crippen molar-refractivity contribution >= 4 is 34.7 Å². The van der Waals surface area contributed by atoms with Gasteiger partial charge in [-0.1, -0.05) is 25.4 Å². The van der Waals surface area contributed by atoms with E-state index in [-0.39, 0.29) is 0 Å². The summed E-state index contributed by atoms with van der Waals surface area (Å²) in [5.74, 6) is 3.31. The summed E-state index contributed by atoms with van der Waals surface area (Å²) in [7, 11) is 0. The Bertz CT molecular complexity index is 286. The highest BCUT2D eigenvalue weighted by atomic mass is 35.5. The summed E-state index contributed by atoms with van der Waals surface area (Å²) < 4.78 is 0.878. The van der Waals surface area contributed by atoms with Gasteiger partial charge in [-0.15, -0.1) is 11.3 Å². The average Bonchev–Trinajstić information content (AvgIpc) is 2.62. The minimum Gasteiger partial charge on any atom is -0.311 e. The molecule has 0 aromatic carbocycles. The molecule has 1 aromatic rings. The van der Waals surface area contributed by atoms with Crippen molar-refractivity contribution in [2.75, 3.05) is 18.1 Å². The molecule has 0 fully saturated rings. The first-order valence-electron chi connectivity index (χ1n) is 5.71. The topological polar surface area (TPSA) is 12.0 Å². The molecule has 0 atom stereocenters. The smallest absolute Gasteiger partial charge is 0.0931 e. The molecule has 0 saturated heterocycles. The van der Waals surface area contributed by atoms with Crippen LogP contribution >= 0.6 is 34.7 Å². The molecule has 1 heterocycles. The Labute approximate surface area is 112 Å². The summed E-state index contributed by atoms with van der Waals surface area (Å²) in [5.41, 5.74) is 0. The first-order valence-corrected chi connectivity index (χ1v) is 8.06. The predicted molar refractivity (Wildman–Crippen MR) is 77.8 cm³/mol. The van der Waals surface area contributed by atoms with Crippen LogP contribution in [0, 0.1) is 5.92 Å². The Hall–Kier alpha value is 0.300. The maximum Gasteiger partial charge on any atom is 0.0931 e. The van der Waals surface area contributed by atoms with Gasteiger partial charge < -0.3 is 5.32 Å². The lowest BCUT2D eigenvalue weighted by atomic mass is 10.2. The lowest BCUT2D eigenvalue weighted by molar-refractivity contribution is 0.631. The second-order valence-corrected chi connectivity index (χ2v) is 7.20. The van der Waals surface area contributed by atoms with Gasteiger partial charge in [-0.05, 0) is 30.2 Å². The van der Waals surface area contributed by atoms with Gasteiger partial charge in [0.1, 0.15) is 0 Å². The number of hydrogen-bond donors (Lipinski definition) is 1. The van der Waals surface area contributed by atoms with Crippen LogP contribution in [0.2, 0.25) is 4.34 Å². The molecule has 92 valence electrons. The van der Waals surface area contributed by atoms with E-state index in [4.69, 9.17) is 11.6 Å². The maximum absolute atomic E-state index is 5.86. The minimum atomic E-state index is 0.828. The van der Waals surface area contributed by atoms with Crippen molar-refractivity contribution in [2.24, 2.45) is 5.92 Å². The molecule has 1 nitrogen and oxygen atoms in total. The Morgan fingerprint density at radius 1 is 1.38 bits per heavy atom. The van der Waals surface area contributed by atoms with Crippen LogP contribution in [-0.4, -0.2) is 18.1 Å². The highest BCUT2D eigenvalue weighted by molar-refractivity contribution is 7.99. The van der Waals surface area contributed by atoms with Crippen LogP contribution in [0.3, 0.4) is 0 Å². The number of hydrogen-bond acceptors (Lipinski definition) is 3. The highest BCUT2D eigenvalue weighted by Crippen LogP contribution is 2.20. The summed E-state index contributed by atoms with van der Waals surface area (Å²) in [6.45, 7) is 6.58. The van der Waals surface area contributed by atoms with Crippen molar-refractivity contribution in [1.82, 2.24) is 5.32 Å². The molecule has 0 aliphatic heterocycles. The molecule has 0 spiro atoms.